The van der Waals surface area contributed by atoms with Gasteiger partial charge in [0, 0.05) is 6.42 Å². The van der Waals surface area contributed by atoms with E-state index in [1.54, 1.807) is 0 Å². The lowest BCUT2D eigenvalue weighted by Crippen LogP contribution is -2.38. The molecule has 4 rings (SSSR count). The highest BCUT2D eigenvalue weighted by Crippen LogP contribution is 2.42. The van der Waals surface area contributed by atoms with Gasteiger partial charge in [-0.1, -0.05) is 44.2 Å². The molecule has 1 aliphatic heterocycles. The van der Waals surface area contributed by atoms with Gasteiger partial charge in [-0.25, -0.2) is 17.5 Å². The fourth-order valence-electron chi connectivity index (χ4n) is 3.79. The molecule has 0 spiro atoms. The van der Waals surface area contributed by atoms with Crippen LogP contribution in [-0.4, -0.2) is 28.4 Å². The number of alkyl halides is 1. The third-order valence-corrected chi connectivity index (χ3v) is 7.54. The fraction of sp³-hybridized carbons (Fsp3) is 0.556. The summed E-state index contributed by atoms with van der Waals surface area (Å²) in [6.45, 7) is 4.21. The fourth-order valence-corrected chi connectivity index (χ4v) is 5.51. The molecule has 2 atom stereocenters. The summed E-state index contributed by atoms with van der Waals surface area (Å²) in [5, 5.41) is 3.58. The Morgan fingerprint density at radius 3 is 2.48 bits per heavy atom. The Balaban J connectivity index is 1.63. The number of benzene rings is 1. The molecule has 1 aliphatic carbocycles. The van der Waals surface area contributed by atoms with Crippen LogP contribution in [0, 0.1) is 11.8 Å². The van der Waals surface area contributed by atoms with Gasteiger partial charge in [0.2, 0.25) is 9.84 Å². The lowest BCUT2D eigenvalue weighted by atomic mass is 9.77. The molecule has 0 bridgehead atoms. The average molecular weight is 363 g/mol. The Morgan fingerprint density at radius 2 is 1.84 bits per heavy atom. The Hall–Kier alpha value is -1.76. The van der Waals surface area contributed by atoms with Crippen molar-refractivity contribution in [3.8, 4) is 0 Å². The maximum absolute atomic E-state index is 14.4. The average Bonchev–Trinajstić information content (AvgIpc) is 3.07. The van der Waals surface area contributed by atoms with Gasteiger partial charge in [-0.05, 0) is 30.2 Å². The van der Waals surface area contributed by atoms with E-state index in [2.05, 4.69) is 23.9 Å². The van der Waals surface area contributed by atoms with E-state index in [1.165, 1.54) is 4.68 Å². The van der Waals surface area contributed by atoms with E-state index in [4.69, 9.17) is 0 Å². The summed E-state index contributed by atoms with van der Waals surface area (Å²) in [6, 6.07) is 9.17. The van der Waals surface area contributed by atoms with E-state index in [0.29, 0.717) is 24.7 Å². The number of hydrogen-bond acceptors (Lipinski definition) is 4. The van der Waals surface area contributed by atoms with Crippen LogP contribution in [0.3, 0.4) is 0 Å². The Morgan fingerprint density at radius 1 is 1.16 bits per heavy atom. The summed E-state index contributed by atoms with van der Waals surface area (Å²) in [6.07, 6.45) is 0.251. The van der Waals surface area contributed by atoms with Crippen molar-refractivity contribution >= 4 is 9.84 Å². The first kappa shape index (κ1) is 16.7. The van der Waals surface area contributed by atoms with Crippen LogP contribution in [0.25, 0.3) is 0 Å². The van der Waals surface area contributed by atoms with E-state index in [9.17, 15) is 12.8 Å². The number of halogens is 1. The van der Waals surface area contributed by atoms with Crippen molar-refractivity contribution in [1.29, 1.82) is 0 Å². The van der Waals surface area contributed by atoms with Gasteiger partial charge in [-0.15, -0.1) is 5.10 Å². The van der Waals surface area contributed by atoms with Crippen LogP contribution in [0.15, 0.2) is 35.5 Å². The van der Waals surface area contributed by atoms with E-state index < -0.39 is 21.3 Å². The molecule has 2 aliphatic rings. The molecule has 2 aromatic rings. The van der Waals surface area contributed by atoms with Crippen LogP contribution in [-0.2, 0) is 9.84 Å². The van der Waals surface area contributed by atoms with Crippen LogP contribution in [0.2, 0.25) is 0 Å². The maximum Gasteiger partial charge on any atom is 0.267 e. The molecule has 1 aromatic carbocycles. The number of sulfone groups is 1. The smallest absolute Gasteiger partial charge is 0.239 e. The van der Waals surface area contributed by atoms with Crippen molar-refractivity contribution in [2.75, 3.05) is 0 Å². The highest BCUT2D eigenvalue weighted by atomic mass is 32.2. The molecular weight excluding hydrogens is 341 g/mol. The number of nitrogens with zero attached hydrogens (tertiary/aromatic N) is 3. The van der Waals surface area contributed by atoms with Gasteiger partial charge in [0.05, 0.1) is 11.3 Å². The number of rotatable bonds is 4. The largest absolute Gasteiger partial charge is 0.267 e. The molecule has 2 heterocycles. The Labute approximate surface area is 147 Å². The van der Waals surface area contributed by atoms with Crippen LogP contribution in [0.1, 0.15) is 56.7 Å². The molecule has 0 amide bonds. The number of aromatic nitrogens is 3. The molecule has 25 heavy (non-hydrogen) atoms. The second-order valence-electron chi connectivity index (χ2n) is 7.47. The maximum atomic E-state index is 14.4. The zero-order chi connectivity index (χ0) is 17.8. The molecule has 0 radical (unpaired) electrons. The lowest BCUT2D eigenvalue weighted by molar-refractivity contribution is 0.237. The van der Waals surface area contributed by atoms with Gasteiger partial charge < -0.3 is 0 Å². The molecule has 134 valence electrons. The van der Waals surface area contributed by atoms with E-state index in [0.717, 1.165) is 5.56 Å². The second kappa shape index (κ2) is 5.90. The summed E-state index contributed by atoms with van der Waals surface area (Å²) in [5.41, 5.74) is 0.918. The van der Waals surface area contributed by atoms with Crippen LogP contribution >= 0.6 is 0 Å². The quantitative estimate of drug-likeness (QED) is 0.834. The first-order chi connectivity index (χ1) is 11.9. The van der Waals surface area contributed by atoms with Crippen molar-refractivity contribution in [2.24, 2.45) is 11.8 Å². The van der Waals surface area contributed by atoms with Crippen molar-refractivity contribution in [3.63, 3.8) is 0 Å². The lowest BCUT2D eigenvalue weighted by Gasteiger charge is -2.36. The SMILES string of the molecule is CC(C)C1CC(S(=O)(=O)c2nc3n(n2)[C@H](c2ccccc2)C[C@@H]3F)C1. The minimum absolute atomic E-state index is 0.132. The van der Waals surface area contributed by atoms with Gasteiger partial charge in [-0.3, -0.25) is 0 Å². The third-order valence-electron chi connectivity index (χ3n) is 5.60. The van der Waals surface area contributed by atoms with Crippen molar-refractivity contribution in [2.45, 2.75) is 55.7 Å². The van der Waals surface area contributed by atoms with Gasteiger partial charge in [0.25, 0.3) is 5.16 Å². The number of fused-ring (bicyclic) bond motifs is 1. The molecule has 5 nitrogen and oxygen atoms in total. The van der Waals surface area contributed by atoms with E-state index in [-0.39, 0.29) is 23.4 Å². The summed E-state index contributed by atoms with van der Waals surface area (Å²) in [7, 11) is -3.59. The standard InChI is InChI=1S/C18H22FN3O2S/c1-11(2)13-8-14(9-13)25(23,24)18-20-17-15(19)10-16(22(17)21-18)12-6-4-3-5-7-12/h3-7,11,13-16H,8-10H2,1-2H3/t13?,14?,15-,16-/m0/s1. The van der Waals surface area contributed by atoms with Crippen molar-refractivity contribution in [1.82, 2.24) is 14.8 Å². The second-order valence-corrected chi connectivity index (χ2v) is 9.59. The predicted octanol–water partition coefficient (Wildman–Crippen LogP) is 3.49. The molecule has 1 fully saturated rings. The predicted molar refractivity (Wildman–Crippen MR) is 91.6 cm³/mol. The Bertz CT molecular complexity index is 873. The van der Waals surface area contributed by atoms with Gasteiger partial charge >= 0.3 is 0 Å². The Kier molecular flexibility index (Phi) is 3.94. The zero-order valence-corrected chi connectivity index (χ0v) is 15.2. The highest BCUT2D eigenvalue weighted by molar-refractivity contribution is 7.91. The highest BCUT2D eigenvalue weighted by Gasteiger charge is 2.44. The van der Waals surface area contributed by atoms with Gasteiger partial charge in [0.15, 0.2) is 12.0 Å². The minimum atomic E-state index is -3.59. The molecule has 1 saturated carbocycles. The van der Waals surface area contributed by atoms with Crippen LogP contribution in [0.4, 0.5) is 4.39 Å². The zero-order valence-electron chi connectivity index (χ0n) is 14.3. The molecular formula is C18H22FN3O2S. The van der Waals surface area contributed by atoms with Gasteiger partial charge in [-0.2, -0.15) is 4.98 Å². The summed E-state index contributed by atoms with van der Waals surface area (Å²) in [5.74, 6) is 1.04. The monoisotopic (exact) mass is 363 g/mol. The third kappa shape index (κ3) is 2.69. The van der Waals surface area contributed by atoms with E-state index in [1.807, 2.05) is 30.3 Å². The van der Waals surface area contributed by atoms with Gasteiger partial charge in [0.1, 0.15) is 0 Å². The summed E-state index contributed by atoms with van der Waals surface area (Å²) >= 11 is 0. The topological polar surface area (TPSA) is 64.8 Å². The van der Waals surface area contributed by atoms with Crippen LogP contribution in [0.5, 0.6) is 0 Å². The van der Waals surface area contributed by atoms with Crippen molar-refractivity contribution < 1.29 is 12.8 Å². The number of hydrogen-bond donors (Lipinski definition) is 0. The van der Waals surface area contributed by atoms with E-state index >= 15 is 0 Å². The van der Waals surface area contributed by atoms with Crippen molar-refractivity contribution in [3.05, 3.63) is 41.7 Å². The van der Waals surface area contributed by atoms with Crippen LogP contribution < -0.4 is 0 Å². The molecule has 0 saturated heterocycles. The molecule has 0 unspecified atom stereocenters. The molecule has 0 N–H and O–H groups in total. The molecule has 1 aromatic heterocycles. The first-order valence-corrected chi connectivity index (χ1v) is 10.3. The minimum Gasteiger partial charge on any atom is -0.239 e. The summed E-state index contributed by atoms with van der Waals surface area (Å²) < 4.78 is 41.4. The summed E-state index contributed by atoms with van der Waals surface area (Å²) in [4.78, 5) is 4.08. The first-order valence-electron chi connectivity index (χ1n) is 8.77. The normalized spacial score (nSPS) is 28.8. The molecule has 7 heteroatoms.